The van der Waals surface area contributed by atoms with Gasteiger partial charge in [-0.05, 0) is 12.8 Å². The molecule has 0 N–H and O–H groups in total. The maximum Gasteiger partial charge on any atom is 0.306 e. The molecule has 0 aliphatic rings. The van der Waals surface area contributed by atoms with Gasteiger partial charge in [0, 0.05) is 12.8 Å². The van der Waals surface area contributed by atoms with Crippen LogP contribution in [0.1, 0.15) is 354 Å². The van der Waals surface area contributed by atoms with E-state index in [1.807, 2.05) is 21.1 Å². The van der Waals surface area contributed by atoms with Gasteiger partial charge in [-0.1, -0.05) is 328 Å². The standard InChI is InChI=1S/C65H130NO8P/c1-6-8-10-12-14-16-18-20-21-22-23-24-25-26-27-28-29-30-31-32-33-34-35-36-37-38-39-40-41-42-43-44-45-46-48-50-52-54-56-58-65(68)74-63(62-73-75(69,70)72-60-59-66(3,4)5)61-71-64(67)57-55-53-51-49-47-19-17-15-13-11-9-7-2/h63H,6-62H2,1-5H3. The summed E-state index contributed by atoms with van der Waals surface area (Å²) in [6.07, 6.45) is 67.9. The Balaban J connectivity index is 3.80. The summed E-state index contributed by atoms with van der Waals surface area (Å²) in [4.78, 5) is 37.8. The first-order valence-electron chi connectivity index (χ1n) is 33.2. The quantitative estimate of drug-likeness (QED) is 0.0256. The number of hydrogen-bond donors (Lipinski definition) is 0. The van der Waals surface area contributed by atoms with E-state index in [9.17, 15) is 19.0 Å². The number of rotatable bonds is 63. The molecule has 0 rings (SSSR count). The maximum atomic E-state index is 12.8. The molecule has 0 amide bonds. The Bertz CT molecular complexity index is 1230. The molecule has 10 heteroatoms. The predicted octanol–water partition coefficient (Wildman–Crippen LogP) is 20.4. The van der Waals surface area contributed by atoms with E-state index < -0.39 is 26.5 Å². The lowest BCUT2D eigenvalue weighted by Gasteiger charge is -2.28. The SMILES string of the molecule is CCCCCCCCCCCCCCCCCCCCCCCCCCCCCCCCCCCCCCCCCC(=O)OC(COC(=O)CCCCCCCCCCCCCC)COP(=O)([O-])OCC[N+](C)(C)C. The second-order valence-electron chi connectivity index (χ2n) is 24.2. The van der Waals surface area contributed by atoms with Gasteiger partial charge in [0.2, 0.25) is 0 Å². The van der Waals surface area contributed by atoms with Crippen molar-refractivity contribution in [2.45, 2.75) is 360 Å². The summed E-state index contributed by atoms with van der Waals surface area (Å²) in [5, 5.41) is 0. The van der Waals surface area contributed by atoms with Gasteiger partial charge >= 0.3 is 11.9 Å². The van der Waals surface area contributed by atoms with E-state index in [2.05, 4.69) is 13.8 Å². The molecule has 2 atom stereocenters. The Morgan fingerprint density at radius 3 is 0.853 bits per heavy atom. The molecule has 0 saturated heterocycles. The smallest absolute Gasteiger partial charge is 0.306 e. The Kier molecular flexibility index (Phi) is 56.9. The van der Waals surface area contributed by atoms with Crippen LogP contribution in [0.3, 0.4) is 0 Å². The number of phosphoric ester groups is 1. The predicted molar refractivity (Wildman–Crippen MR) is 319 cm³/mol. The van der Waals surface area contributed by atoms with Gasteiger partial charge in [0.15, 0.2) is 6.10 Å². The van der Waals surface area contributed by atoms with E-state index in [0.717, 1.165) is 32.1 Å². The van der Waals surface area contributed by atoms with Crippen LogP contribution < -0.4 is 4.89 Å². The van der Waals surface area contributed by atoms with Crippen LogP contribution in [0.15, 0.2) is 0 Å². The van der Waals surface area contributed by atoms with Crippen molar-refractivity contribution in [1.29, 1.82) is 0 Å². The molecule has 0 aliphatic carbocycles. The van der Waals surface area contributed by atoms with E-state index >= 15 is 0 Å². The highest BCUT2D eigenvalue weighted by Gasteiger charge is 2.22. The monoisotopic (exact) mass is 1080 g/mol. The van der Waals surface area contributed by atoms with Gasteiger partial charge in [0.25, 0.3) is 7.82 Å². The third-order valence-electron chi connectivity index (χ3n) is 15.4. The molecule has 0 aromatic carbocycles. The van der Waals surface area contributed by atoms with Crippen molar-refractivity contribution in [2.75, 3.05) is 47.5 Å². The van der Waals surface area contributed by atoms with Crippen LogP contribution in [0.5, 0.6) is 0 Å². The lowest BCUT2D eigenvalue weighted by molar-refractivity contribution is -0.870. The maximum absolute atomic E-state index is 12.8. The summed E-state index contributed by atoms with van der Waals surface area (Å²) in [6, 6.07) is 0. The number of unbranched alkanes of at least 4 members (excludes halogenated alkanes) is 49. The third kappa shape index (κ3) is 62.1. The molecule has 0 radical (unpaired) electrons. The van der Waals surface area contributed by atoms with Gasteiger partial charge in [-0.15, -0.1) is 0 Å². The van der Waals surface area contributed by atoms with Gasteiger partial charge in [-0.3, -0.25) is 14.2 Å². The molecule has 0 saturated carbocycles. The highest BCUT2D eigenvalue weighted by Crippen LogP contribution is 2.38. The number of carbonyl (C=O) groups excluding carboxylic acids is 2. The van der Waals surface area contributed by atoms with E-state index in [4.69, 9.17) is 18.5 Å². The molecule has 0 spiro atoms. The fraction of sp³-hybridized carbons (Fsp3) is 0.969. The molecule has 0 bridgehead atoms. The van der Waals surface area contributed by atoms with Crippen molar-refractivity contribution in [1.82, 2.24) is 0 Å². The number of phosphoric acid groups is 1. The molecule has 75 heavy (non-hydrogen) atoms. The minimum absolute atomic E-state index is 0.0252. The topological polar surface area (TPSA) is 111 Å². The van der Waals surface area contributed by atoms with Crippen LogP contribution in [0.4, 0.5) is 0 Å². The summed E-state index contributed by atoms with van der Waals surface area (Å²) in [5.74, 6) is -0.812. The van der Waals surface area contributed by atoms with Crippen molar-refractivity contribution in [3.8, 4) is 0 Å². The second-order valence-corrected chi connectivity index (χ2v) is 25.6. The summed E-state index contributed by atoms with van der Waals surface area (Å²) < 4.78 is 34.1. The van der Waals surface area contributed by atoms with Gasteiger partial charge in [-0.25, -0.2) is 0 Å². The number of likely N-dealkylation sites (N-methyl/N-ethyl adjacent to an activating group) is 1. The zero-order chi connectivity index (χ0) is 54.9. The first-order valence-corrected chi connectivity index (χ1v) is 34.7. The first-order chi connectivity index (χ1) is 36.5. The van der Waals surface area contributed by atoms with Crippen molar-refractivity contribution < 1.29 is 42.1 Å². The molecular weight excluding hydrogens is 954 g/mol. The largest absolute Gasteiger partial charge is 0.756 e. The molecular formula is C65H130NO8P. The number of quaternary nitrogens is 1. The minimum atomic E-state index is -4.63. The zero-order valence-electron chi connectivity index (χ0n) is 51.0. The normalized spacial score (nSPS) is 13.1. The Morgan fingerprint density at radius 1 is 0.360 bits per heavy atom. The van der Waals surface area contributed by atoms with Crippen molar-refractivity contribution in [3.63, 3.8) is 0 Å². The highest BCUT2D eigenvalue weighted by atomic mass is 31.2. The van der Waals surface area contributed by atoms with Crippen LogP contribution in [0, 0.1) is 0 Å². The summed E-state index contributed by atoms with van der Waals surface area (Å²) >= 11 is 0. The molecule has 0 aromatic heterocycles. The summed E-state index contributed by atoms with van der Waals surface area (Å²) in [5.41, 5.74) is 0. The molecule has 0 aromatic rings. The number of ether oxygens (including phenoxy) is 2. The molecule has 448 valence electrons. The lowest BCUT2D eigenvalue weighted by Crippen LogP contribution is -2.37. The van der Waals surface area contributed by atoms with Crippen molar-refractivity contribution in [2.24, 2.45) is 0 Å². The molecule has 9 nitrogen and oxygen atoms in total. The second kappa shape index (κ2) is 57.7. The van der Waals surface area contributed by atoms with Crippen LogP contribution in [0.2, 0.25) is 0 Å². The Morgan fingerprint density at radius 2 is 0.600 bits per heavy atom. The van der Waals surface area contributed by atoms with Gasteiger partial charge in [-0.2, -0.15) is 0 Å². The Labute approximate surface area is 467 Å². The van der Waals surface area contributed by atoms with Crippen LogP contribution in [-0.2, 0) is 32.7 Å². The average Bonchev–Trinajstić information content (AvgIpc) is 3.37. The number of nitrogens with zero attached hydrogens (tertiary/aromatic N) is 1. The van der Waals surface area contributed by atoms with E-state index in [1.54, 1.807) is 0 Å². The lowest BCUT2D eigenvalue weighted by atomic mass is 10.0. The molecule has 2 unspecified atom stereocenters. The molecule has 0 heterocycles. The van der Waals surface area contributed by atoms with Crippen LogP contribution in [-0.4, -0.2) is 70.0 Å². The minimum Gasteiger partial charge on any atom is -0.756 e. The number of carbonyl (C=O) groups is 2. The fourth-order valence-electron chi connectivity index (χ4n) is 10.3. The van der Waals surface area contributed by atoms with Crippen LogP contribution >= 0.6 is 7.82 Å². The van der Waals surface area contributed by atoms with E-state index in [0.29, 0.717) is 17.4 Å². The van der Waals surface area contributed by atoms with Crippen molar-refractivity contribution in [3.05, 3.63) is 0 Å². The molecule has 0 aliphatic heterocycles. The van der Waals surface area contributed by atoms with E-state index in [-0.39, 0.29) is 32.0 Å². The van der Waals surface area contributed by atoms with Gasteiger partial charge in [0.05, 0.1) is 27.7 Å². The third-order valence-corrected chi connectivity index (χ3v) is 16.3. The molecule has 0 fully saturated rings. The average molecular weight is 1080 g/mol. The Hall–Kier alpha value is -0.990. The fourth-order valence-corrected chi connectivity index (χ4v) is 11.0. The summed E-state index contributed by atoms with van der Waals surface area (Å²) in [7, 11) is 1.19. The van der Waals surface area contributed by atoms with E-state index in [1.165, 1.54) is 289 Å². The number of esters is 2. The van der Waals surface area contributed by atoms with Crippen LogP contribution in [0.25, 0.3) is 0 Å². The highest BCUT2D eigenvalue weighted by molar-refractivity contribution is 7.45. The van der Waals surface area contributed by atoms with Gasteiger partial charge in [0.1, 0.15) is 19.8 Å². The van der Waals surface area contributed by atoms with Crippen molar-refractivity contribution >= 4 is 19.8 Å². The number of hydrogen-bond acceptors (Lipinski definition) is 8. The van der Waals surface area contributed by atoms with Gasteiger partial charge < -0.3 is 27.9 Å². The summed E-state index contributed by atoms with van der Waals surface area (Å²) in [6.45, 7) is 4.30. The zero-order valence-corrected chi connectivity index (χ0v) is 51.9. The first kappa shape index (κ1) is 74.0.